The average Bonchev–Trinajstić information content (AvgIpc) is 2.38. The van der Waals surface area contributed by atoms with Gasteiger partial charge in [-0.25, -0.2) is 4.39 Å². The van der Waals surface area contributed by atoms with Gasteiger partial charge in [-0.05, 0) is 35.9 Å². The number of hydrogen-bond acceptors (Lipinski definition) is 3. The van der Waals surface area contributed by atoms with Gasteiger partial charge in [0.15, 0.2) is 0 Å². The highest BCUT2D eigenvalue weighted by molar-refractivity contribution is 7.80. The molecule has 0 aliphatic rings. The van der Waals surface area contributed by atoms with Gasteiger partial charge in [-0.15, -0.1) is 0 Å². The number of thiocarbonyl (C=S) groups is 1. The second-order valence-electron chi connectivity index (χ2n) is 3.78. The number of ether oxygens (including phenoxy) is 1. The fourth-order valence-electron chi connectivity index (χ4n) is 1.45. The topological polar surface area (TPSA) is 48.1 Å². The molecule has 6 heteroatoms. The van der Waals surface area contributed by atoms with Gasteiger partial charge in [0, 0.05) is 6.20 Å². The summed E-state index contributed by atoms with van der Waals surface area (Å²) in [7, 11) is 0. The van der Waals surface area contributed by atoms with E-state index in [4.69, 9.17) is 34.3 Å². The minimum absolute atomic E-state index is 0.224. The molecule has 2 aromatic rings. The van der Waals surface area contributed by atoms with Gasteiger partial charge in [-0.2, -0.15) is 0 Å². The smallest absolute Gasteiger partial charge is 0.138 e. The normalized spacial score (nSPS) is 10.2. The quantitative estimate of drug-likeness (QED) is 0.881. The first-order valence-electron chi connectivity index (χ1n) is 5.39. The maximum Gasteiger partial charge on any atom is 0.138 e. The Morgan fingerprint density at radius 1 is 1.37 bits per heavy atom. The summed E-state index contributed by atoms with van der Waals surface area (Å²) in [6.07, 6.45) is 1.60. The molecule has 0 unspecified atom stereocenters. The van der Waals surface area contributed by atoms with Crippen molar-refractivity contribution in [3.63, 3.8) is 0 Å². The molecule has 1 aromatic carbocycles. The van der Waals surface area contributed by atoms with Crippen LogP contribution < -0.4 is 10.5 Å². The zero-order chi connectivity index (χ0) is 13.8. The third-order valence-electron chi connectivity index (χ3n) is 2.37. The average molecular weight is 297 g/mol. The minimum atomic E-state index is -0.406. The van der Waals surface area contributed by atoms with Crippen molar-refractivity contribution in [2.24, 2.45) is 5.73 Å². The van der Waals surface area contributed by atoms with Crippen molar-refractivity contribution in [2.45, 2.75) is 6.61 Å². The molecule has 0 amide bonds. The molecular weight excluding hydrogens is 287 g/mol. The highest BCUT2D eigenvalue weighted by Gasteiger charge is 2.05. The Balaban J connectivity index is 2.10. The van der Waals surface area contributed by atoms with Gasteiger partial charge >= 0.3 is 0 Å². The van der Waals surface area contributed by atoms with Gasteiger partial charge in [0.25, 0.3) is 0 Å². The molecular formula is C13H10ClFN2OS. The van der Waals surface area contributed by atoms with Crippen LogP contribution in [-0.4, -0.2) is 9.97 Å². The Hall–Kier alpha value is -1.72. The third-order valence-corrected chi connectivity index (χ3v) is 2.87. The van der Waals surface area contributed by atoms with E-state index >= 15 is 0 Å². The van der Waals surface area contributed by atoms with E-state index in [0.717, 1.165) is 5.56 Å². The SMILES string of the molecule is NC(=S)c1cc(COc2ccc(F)cc2Cl)ccn1. The van der Waals surface area contributed by atoms with Crippen molar-refractivity contribution in [3.8, 4) is 5.75 Å². The first-order chi connectivity index (χ1) is 9.06. The van der Waals surface area contributed by atoms with Gasteiger partial charge in [-0.3, -0.25) is 4.98 Å². The molecule has 1 aromatic heterocycles. The number of benzene rings is 1. The van der Waals surface area contributed by atoms with E-state index in [1.807, 2.05) is 0 Å². The summed E-state index contributed by atoms with van der Waals surface area (Å²) >= 11 is 10.7. The van der Waals surface area contributed by atoms with Crippen molar-refractivity contribution in [1.82, 2.24) is 4.98 Å². The zero-order valence-corrected chi connectivity index (χ0v) is 11.3. The van der Waals surface area contributed by atoms with Crippen molar-refractivity contribution in [1.29, 1.82) is 0 Å². The Kier molecular flexibility index (Phi) is 4.29. The van der Waals surface area contributed by atoms with Crippen molar-refractivity contribution in [3.05, 3.63) is 58.6 Å². The Morgan fingerprint density at radius 3 is 2.84 bits per heavy atom. The Bertz CT molecular complexity index is 621. The predicted octanol–water partition coefficient (Wildman–Crippen LogP) is 3.09. The van der Waals surface area contributed by atoms with E-state index in [9.17, 15) is 4.39 Å². The van der Waals surface area contributed by atoms with E-state index in [-0.39, 0.29) is 16.6 Å². The van der Waals surface area contributed by atoms with Gasteiger partial charge in [0.2, 0.25) is 0 Å². The number of aromatic nitrogens is 1. The van der Waals surface area contributed by atoms with E-state index in [0.29, 0.717) is 11.4 Å². The van der Waals surface area contributed by atoms with E-state index in [1.165, 1.54) is 18.2 Å². The van der Waals surface area contributed by atoms with Crippen LogP contribution in [0.15, 0.2) is 36.5 Å². The molecule has 0 saturated heterocycles. The van der Waals surface area contributed by atoms with E-state index in [1.54, 1.807) is 18.3 Å². The molecule has 2 N–H and O–H groups in total. The van der Waals surface area contributed by atoms with Gasteiger partial charge < -0.3 is 10.5 Å². The van der Waals surface area contributed by atoms with Crippen LogP contribution in [0.4, 0.5) is 4.39 Å². The van der Waals surface area contributed by atoms with Gasteiger partial charge in [0.1, 0.15) is 23.2 Å². The fourth-order valence-corrected chi connectivity index (χ4v) is 1.79. The van der Waals surface area contributed by atoms with Crippen molar-refractivity contribution >= 4 is 28.8 Å². The van der Waals surface area contributed by atoms with Crippen LogP contribution >= 0.6 is 23.8 Å². The highest BCUT2D eigenvalue weighted by atomic mass is 35.5. The molecule has 0 bridgehead atoms. The molecule has 0 atom stereocenters. The van der Waals surface area contributed by atoms with Crippen LogP contribution in [-0.2, 0) is 6.61 Å². The number of pyridine rings is 1. The summed E-state index contributed by atoms with van der Waals surface area (Å²) in [4.78, 5) is 4.25. The van der Waals surface area contributed by atoms with Crippen LogP contribution in [0.3, 0.4) is 0 Å². The summed E-state index contributed by atoms with van der Waals surface area (Å²) in [6, 6.07) is 7.48. The molecule has 0 spiro atoms. The number of halogens is 2. The van der Waals surface area contributed by atoms with Crippen LogP contribution in [0.25, 0.3) is 0 Å². The number of rotatable bonds is 4. The second-order valence-corrected chi connectivity index (χ2v) is 4.62. The molecule has 0 aliphatic carbocycles. The lowest BCUT2D eigenvalue weighted by Gasteiger charge is -2.08. The van der Waals surface area contributed by atoms with Crippen molar-refractivity contribution in [2.75, 3.05) is 0 Å². The Labute approximate surface area is 120 Å². The van der Waals surface area contributed by atoms with Crippen LogP contribution in [0, 0.1) is 5.82 Å². The van der Waals surface area contributed by atoms with Crippen molar-refractivity contribution < 1.29 is 9.13 Å². The maximum atomic E-state index is 12.9. The number of hydrogen-bond donors (Lipinski definition) is 1. The standard InChI is InChI=1S/C13H10ClFN2OS/c14-10-6-9(15)1-2-12(10)18-7-8-3-4-17-11(5-8)13(16)19/h1-6H,7H2,(H2,16,19). The summed E-state index contributed by atoms with van der Waals surface area (Å²) < 4.78 is 18.4. The zero-order valence-electron chi connectivity index (χ0n) is 9.77. The lowest BCUT2D eigenvalue weighted by atomic mass is 10.2. The van der Waals surface area contributed by atoms with Gasteiger partial charge in [0.05, 0.1) is 10.7 Å². The summed E-state index contributed by atoms with van der Waals surface area (Å²) in [5.41, 5.74) is 6.87. The predicted molar refractivity (Wildman–Crippen MR) is 75.9 cm³/mol. The summed E-state index contributed by atoms with van der Waals surface area (Å²) in [5.74, 6) is 0.00813. The Morgan fingerprint density at radius 2 is 2.16 bits per heavy atom. The molecule has 98 valence electrons. The number of nitrogens with zero attached hydrogens (tertiary/aromatic N) is 1. The molecule has 2 rings (SSSR count). The van der Waals surface area contributed by atoms with Crippen LogP contribution in [0.1, 0.15) is 11.3 Å². The molecule has 0 saturated carbocycles. The summed E-state index contributed by atoms with van der Waals surface area (Å²) in [5, 5.41) is 0.226. The highest BCUT2D eigenvalue weighted by Crippen LogP contribution is 2.25. The first kappa shape index (κ1) is 13.7. The molecule has 19 heavy (non-hydrogen) atoms. The molecule has 0 aliphatic heterocycles. The third kappa shape index (κ3) is 3.62. The summed E-state index contributed by atoms with van der Waals surface area (Å²) in [6.45, 7) is 0.267. The second kappa shape index (κ2) is 5.95. The minimum Gasteiger partial charge on any atom is -0.487 e. The monoisotopic (exact) mass is 296 g/mol. The van der Waals surface area contributed by atoms with E-state index in [2.05, 4.69) is 4.98 Å². The fraction of sp³-hybridized carbons (Fsp3) is 0.0769. The molecule has 1 heterocycles. The molecule has 0 radical (unpaired) electrons. The lowest BCUT2D eigenvalue weighted by molar-refractivity contribution is 0.306. The first-order valence-corrected chi connectivity index (χ1v) is 6.17. The lowest BCUT2D eigenvalue weighted by Crippen LogP contribution is -2.12. The van der Waals surface area contributed by atoms with Crippen LogP contribution in [0.2, 0.25) is 5.02 Å². The molecule has 3 nitrogen and oxygen atoms in total. The maximum absolute atomic E-state index is 12.9. The molecule has 0 fully saturated rings. The van der Waals surface area contributed by atoms with E-state index < -0.39 is 5.82 Å². The largest absolute Gasteiger partial charge is 0.487 e. The van der Waals surface area contributed by atoms with Crippen LogP contribution in [0.5, 0.6) is 5.75 Å². The number of nitrogens with two attached hydrogens (primary N) is 1. The van der Waals surface area contributed by atoms with Gasteiger partial charge in [-0.1, -0.05) is 23.8 Å².